The van der Waals surface area contributed by atoms with Gasteiger partial charge in [0, 0.05) is 0 Å². The highest BCUT2D eigenvalue weighted by molar-refractivity contribution is 5.74. The molecule has 0 radical (unpaired) electrons. The van der Waals surface area contributed by atoms with Gasteiger partial charge >= 0.3 is 12.1 Å². The van der Waals surface area contributed by atoms with Gasteiger partial charge in [0.05, 0.1) is 11.5 Å². The number of esters is 1. The highest BCUT2D eigenvalue weighted by Gasteiger charge is 2.30. The number of ether oxygens (including phenoxy) is 1. The number of carbonyl (C=O) groups is 1. The fraction of sp³-hybridized carbons (Fsp3) is 0.462. The van der Waals surface area contributed by atoms with Gasteiger partial charge in [0.25, 0.3) is 0 Å². The zero-order chi connectivity index (χ0) is 13.9. The number of rotatable bonds is 3. The second kappa shape index (κ2) is 5.42. The van der Waals surface area contributed by atoms with Gasteiger partial charge in [-0.05, 0) is 30.2 Å². The summed E-state index contributed by atoms with van der Waals surface area (Å²) >= 11 is 0. The number of hydrogen-bond donors (Lipinski definition) is 0. The molecule has 1 aromatic carbocycles. The minimum atomic E-state index is -4.38. The molecule has 0 aliphatic carbocycles. The van der Waals surface area contributed by atoms with Crippen molar-refractivity contribution in [1.82, 2.24) is 0 Å². The fourth-order valence-electron chi connectivity index (χ4n) is 1.19. The summed E-state index contributed by atoms with van der Waals surface area (Å²) in [6, 6.07) is 4.08. The van der Waals surface area contributed by atoms with Crippen LogP contribution in [0, 0.1) is 11.8 Å². The maximum absolute atomic E-state index is 12.3. The van der Waals surface area contributed by atoms with Gasteiger partial charge in [0.15, 0.2) is 0 Å². The molecule has 0 N–H and O–H groups in total. The molecule has 100 valence electrons. The molecule has 5 heteroatoms. The van der Waals surface area contributed by atoms with Crippen molar-refractivity contribution in [2.75, 3.05) is 0 Å². The van der Waals surface area contributed by atoms with Crippen molar-refractivity contribution in [3.8, 4) is 5.75 Å². The maximum atomic E-state index is 12.3. The summed E-state index contributed by atoms with van der Waals surface area (Å²) in [7, 11) is 0. The predicted molar refractivity (Wildman–Crippen MR) is 61.1 cm³/mol. The van der Waals surface area contributed by atoms with Crippen LogP contribution in [0.5, 0.6) is 5.75 Å². The summed E-state index contributed by atoms with van der Waals surface area (Å²) in [6.07, 6.45) is -4.38. The lowest BCUT2D eigenvalue weighted by Crippen LogP contribution is -2.22. The van der Waals surface area contributed by atoms with E-state index in [2.05, 4.69) is 0 Å². The van der Waals surface area contributed by atoms with E-state index < -0.39 is 17.7 Å². The number of carbonyl (C=O) groups excluding carboxylic acids is 1. The smallest absolute Gasteiger partial charge is 0.416 e. The lowest BCUT2D eigenvalue weighted by atomic mass is 9.99. The molecule has 0 amide bonds. The molecule has 18 heavy (non-hydrogen) atoms. The van der Waals surface area contributed by atoms with Gasteiger partial charge in [-0.25, -0.2) is 0 Å². The lowest BCUT2D eigenvalue weighted by Gasteiger charge is -2.14. The van der Waals surface area contributed by atoms with Crippen LogP contribution in [0.3, 0.4) is 0 Å². The largest absolute Gasteiger partial charge is 0.426 e. The Morgan fingerprint density at radius 1 is 1.11 bits per heavy atom. The molecule has 0 heterocycles. The third-order valence-corrected chi connectivity index (χ3v) is 2.77. The highest BCUT2D eigenvalue weighted by atomic mass is 19.4. The summed E-state index contributed by atoms with van der Waals surface area (Å²) in [6.45, 7) is 5.47. The van der Waals surface area contributed by atoms with Crippen LogP contribution in [-0.4, -0.2) is 5.97 Å². The monoisotopic (exact) mass is 260 g/mol. The first-order chi connectivity index (χ1) is 8.21. The van der Waals surface area contributed by atoms with Crippen molar-refractivity contribution in [3.05, 3.63) is 29.8 Å². The number of benzene rings is 1. The van der Waals surface area contributed by atoms with Gasteiger partial charge in [0.1, 0.15) is 5.75 Å². The molecule has 1 aromatic rings. The van der Waals surface area contributed by atoms with E-state index in [9.17, 15) is 18.0 Å². The molecule has 0 bridgehead atoms. The number of halogens is 3. The van der Waals surface area contributed by atoms with E-state index in [1.807, 2.05) is 13.8 Å². The van der Waals surface area contributed by atoms with Gasteiger partial charge in [-0.3, -0.25) is 4.79 Å². The summed E-state index contributed by atoms with van der Waals surface area (Å²) < 4.78 is 41.9. The first-order valence-electron chi connectivity index (χ1n) is 5.60. The van der Waals surface area contributed by atoms with Gasteiger partial charge in [-0.2, -0.15) is 13.2 Å². The Morgan fingerprint density at radius 2 is 1.61 bits per heavy atom. The van der Waals surface area contributed by atoms with Crippen LogP contribution in [0.25, 0.3) is 0 Å². The average molecular weight is 260 g/mol. The summed E-state index contributed by atoms with van der Waals surface area (Å²) in [5.41, 5.74) is -0.765. The standard InChI is InChI=1S/C13H15F3O2/c1-8(2)9(3)12(17)18-11-6-4-10(5-7-11)13(14,15)16/h4-9H,1-3H3. The molecule has 1 unspecified atom stereocenters. The van der Waals surface area contributed by atoms with Crippen LogP contribution in [0.4, 0.5) is 13.2 Å². The quantitative estimate of drug-likeness (QED) is 0.608. The van der Waals surface area contributed by atoms with Crippen LogP contribution < -0.4 is 4.74 Å². The van der Waals surface area contributed by atoms with Gasteiger partial charge in [-0.1, -0.05) is 20.8 Å². The molecule has 1 atom stereocenters. The Labute approximate surface area is 104 Å². The molecular formula is C13H15F3O2. The maximum Gasteiger partial charge on any atom is 0.416 e. The first-order valence-corrected chi connectivity index (χ1v) is 5.60. The molecular weight excluding hydrogens is 245 g/mol. The Hall–Kier alpha value is -1.52. The van der Waals surface area contributed by atoms with Crippen molar-refractivity contribution < 1.29 is 22.7 Å². The molecule has 0 fully saturated rings. The normalized spacial score (nSPS) is 13.5. The highest BCUT2D eigenvalue weighted by Crippen LogP contribution is 2.30. The zero-order valence-corrected chi connectivity index (χ0v) is 10.4. The second-order valence-corrected chi connectivity index (χ2v) is 4.48. The average Bonchev–Trinajstić information content (AvgIpc) is 2.27. The summed E-state index contributed by atoms with van der Waals surface area (Å²) in [4.78, 5) is 11.6. The third kappa shape index (κ3) is 3.75. The van der Waals surface area contributed by atoms with Gasteiger partial charge in [-0.15, -0.1) is 0 Å². The third-order valence-electron chi connectivity index (χ3n) is 2.77. The Balaban J connectivity index is 2.73. The molecule has 0 aliphatic heterocycles. The second-order valence-electron chi connectivity index (χ2n) is 4.48. The Kier molecular flexibility index (Phi) is 4.38. The van der Waals surface area contributed by atoms with Crippen molar-refractivity contribution in [2.45, 2.75) is 26.9 Å². The fourth-order valence-corrected chi connectivity index (χ4v) is 1.19. The van der Waals surface area contributed by atoms with Crippen molar-refractivity contribution in [2.24, 2.45) is 11.8 Å². The zero-order valence-electron chi connectivity index (χ0n) is 10.4. The molecule has 1 rings (SSSR count). The summed E-state index contributed by atoms with van der Waals surface area (Å²) in [5.74, 6) is -0.496. The molecule has 0 aliphatic rings. The van der Waals surface area contributed by atoms with Gasteiger partial charge < -0.3 is 4.74 Å². The van der Waals surface area contributed by atoms with E-state index in [1.54, 1.807) is 6.92 Å². The van der Waals surface area contributed by atoms with E-state index in [-0.39, 0.29) is 17.6 Å². The minimum Gasteiger partial charge on any atom is -0.426 e. The minimum absolute atomic E-state index is 0.118. The molecule has 0 spiro atoms. The van der Waals surface area contributed by atoms with Crippen molar-refractivity contribution >= 4 is 5.97 Å². The van der Waals surface area contributed by atoms with Gasteiger partial charge in [0.2, 0.25) is 0 Å². The number of alkyl halides is 3. The van der Waals surface area contributed by atoms with Crippen LogP contribution in [-0.2, 0) is 11.0 Å². The van der Waals surface area contributed by atoms with Crippen molar-refractivity contribution in [1.29, 1.82) is 0 Å². The Morgan fingerprint density at radius 3 is 2.00 bits per heavy atom. The summed E-state index contributed by atoms with van der Waals surface area (Å²) in [5, 5.41) is 0. The van der Waals surface area contributed by atoms with E-state index in [4.69, 9.17) is 4.74 Å². The topological polar surface area (TPSA) is 26.3 Å². The van der Waals surface area contributed by atoms with Crippen LogP contribution in [0.1, 0.15) is 26.3 Å². The van der Waals surface area contributed by atoms with E-state index in [0.717, 1.165) is 24.3 Å². The van der Waals surface area contributed by atoms with E-state index >= 15 is 0 Å². The van der Waals surface area contributed by atoms with Crippen molar-refractivity contribution in [3.63, 3.8) is 0 Å². The molecule has 0 saturated heterocycles. The van der Waals surface area contributed by atoms with E-state index in [1.165, 1.54) is 0 Å². The van der Waals surface area contributed by atoms with Crippen LogP contribution in [0.2, 0.25) is 0 Å². The molecule has 0 saturated carbocycles. The predicted octanol–water partition coefficient (Wildman–Crippen LogP) is 3.90. The SMILES string of the molecule is CC(C)C(C)C(=O)Oc1ccc(C(F)(F)F)cc1. The molecule has 0 aromatic heterocycles. The van der Waals surface area contributed by atoms with E-state index in [0.29, 0.717) is 0 Å². The molecule has 2 nitrogen and oxygen atoms in total. The number of hydrogen-bond acceptors (Lipinski definition) is 2. The first kappa shape index (κ1) is 14.5. The Bertz CT molecular complexity index is 407. The van der Waals surface area contributed by atoms with Crippen LogP contribution >= 0.6 is 0 Å². The lowest BCUT2D eigenvalue weighted by molar-refractivity contribution is -0.139. The van der Waals surface area contributed by atoms with Crippen LogP contribution in [0.15, 0.2) is 24.3 Å².